The molecule has 8 heteroatoms. The van der Waals surface area contributed by atoms with Crippen molar-refractivity contribution in [2.45, 2.75) is 25.4 Å². The topological polar surface area (TPSA) is 138 Å². The van der Waals surface area contributed by atoms with Crippen LogP contribution in [0, 0.1) is 0 Å². The minimum atomic E-state index is -1.30. The second-order valence-corrected chi connectivity index (χ2v) is 5.43. The Balaban J connectivity index is 1.82. The molecule has 1 amide bonds. The van der Waals surface area contributed by atoms with Crippen molar-refractivity contribution < 1.29 is 24.9 Å². The Kier molecular flexibility index (Phi) is 6.70. The Hall–Kier alpha value is -2.68. The number of aliphatic hydroxyl groups excluding tert-OH is 3. The van der Waals surface area contributed by atoms with Crippen LogP contribution in [-0.4, -0.2) is 39.0 Å². The van der Waals surface area contributed by atoms with Gasteiger partial charge in [0.25, 0.3) is 0 Å². The maximum Gasteiger partial charge on any atom is 0.407 e. The fourth-order valence-corrected chi connectivity index (χ4v) is 2.12. The molecule has 0 aliphatic rings. The molecule has 2 atom stereocenters. The van der Waals surface area contributed by atoms with Gasteiger partial charge in [-0.2, -0.15) is 0 Å². The van der Waals surface area contributed by atoms with Crippen LogP contribution in [0.25, 0.3) is 0 Å². The summed E-state index contributed by atoms with van der Waals surface area (Å²) in [6, 6.07) is 10.6. The van der Waals surface area contributed by atoms with E-state index in [1.165, 1.54) is 12.3 Å². The van der Waals surface area contributed by atoms with Crippen LogP contribution in [0.1, 0.15) is 22.8 Å². The summed E-state index contributed by atoms with van der Waals surface area (Å²) < 4.78 is 5.01. The van der Waals surface area contributed by atoms with Crippen molar-refractivity contribution >= 4 is 11.9 Å². The third-order valence-corrected chi connectivity index (χ3v) is 3.57. The molecule has 1 heterocycles. The maximum absolute atomic E-state index is 11.6. The van der Waals surface area contributed by atoms with E-state index >= 15 is 0 Å². The summed E-state index contributed by atoms with van der Waals surface area (Å²) in [6.07, 6.45) is -1.98. The number of nitrogen functional groups attached to an aromatic ring is 1. The van der Waals surface area contributed by atoms with Gasteiger partial charge in [0.1, 0.15) is 24.6 Å². The third-order valence-electron chi connectivity index (χ3n) is 3.57. The van der Waals surface area contributed by atoms with E-state index in [-0.39, 0.29) is 31.1 Å². The molecular formula is C17H21N3O5. The van der Waals surface area contributed by atoms with Gasteiger partial charge in [0, 0.05) is 23.9 Å². The molecule has 1 aromatic carbocycles. The zero-order valence-electron chi connectivity index (χ0n) is 13.5. The molecule has 0 aliphatic heterocycles. The minimum absolute atomic E-state index is 0.104. The Labute approximate surface area is 144 Å². The Morgan fingerprint density at radius 2 is 2.00 bits per heavy atom. The highest BCUT2D eigenvalue weighted by molar-refractivity contribution is 5.67. The molecule has 6 N–H and O–H groups in total. The summed E-state index contributed by atoms with van der Waals surface area (Å²) >= 11 is 0. The van der Waals surface area contributed by atoms with Crippen LogP contribution in [0.15, 0.2) is 42.6 Å². The standard InChI is InChI=1S/C17H21N3O5/c18-16-13(9-21)6-12(7-19-16)15(23)14(22)8-20-17(24)25-10-11-4-2-1-3-5-11/h1-7,14-15,21-23H,8-10H2,(H2,18,19)(H,20,24). The number of nitrogens with two attached hydrogens (primary N) is 1. The van der Waals surface area contributed by atoms with Gasteiger partial charge in [0.15, 0.2) is 0 Å². The van der Waals surface area contributed by atoms with Crippen molar-refractivity contribution in [3.8, 4) is 0 Å². The molecule has 0 radical (unpaired) electrons. The lowest BCUT2D eigenvalue weighted by Crippen LogP contribution is -2.35. The number of pyridine rings is 1. The number of benzene rings is 1. The number of alkyl carbamates (subject to hydrolysis) is 1. The van der Waals surface area contributed by atoms with Crippen LogP contribution < -0.4 is 11.1 Å². The largest absolute Gasteiger partial charge is 0.445 e. The quantitative estimate of drug-likeness (QED) is 0.491. The number of hydrogen-bond donors (Lipinski definition) is 5. The van der Waals surface area contributed by atoms with Gasteiger partial charge in [0.05, 0.1) is 6.61 Å². The van der Waals surface area contributed by atoms with Gasteiger partial charge < -0.3 is 31.1 Å². The van der Waals surface area contributed by atoms with E-state index in [2.05, 4.69) is 10.3 Å². The Bertz CT molecular complexity index is 696. The molecule has 134 valence electrons. The normalized spacial score (nSPS) is 13.1. The predicted octanol–water partition coefficient (Wildman–Crippen LogP) is 0.477. The molecule has 0 saturated carbocycles. The number of amides is 1. The molecule has 2 rings (SSSR count). The number of hydrogen-bond acceptors (Lipinski definition) is 7. The number of aromatic nitrogens is 1. The van der Waals surface area contributed by atoms with Crippen molar-refractivity contribution in [3.05, 3.63) is 59.3 Å². The minimum Gasteiger partial charge on any atom is -0.445 e. The van der Waals surface area contributed by atoms with Gasteiger partial charge in [-0.1, -0.05) is 30.3 Å². The van der Waals surface area contributed by atoms with Crippen LogP contribution in [0.2, 0.25) is 0 Å². The predicted molar refractivity (Wildman–Crippen MR) is 90.2 cm³/mol. The molecule has 0 bridgehead atoms. The number of ether oxygens (including phenoxy) is 1. The summed E-state index contributed by atoms with van der Waals surface area (Å²) in [5, 5.41) is 31.6. The van der Waals surface area contributed by atoms with E-state index < -0.39 is 18.3 Å². The zero-order valence-corrected chi connectivity index (χ0v) is 13.5. The lowest BCUT2D eigenvalue weighted by molar-refractivity contribution is 0.0181. The van der Waals surface area contributed by atoms with Gasteiger partial charge in [-0.15, -0.1) is 0 Å². The van der Waals surface area contributed by atoms with Gasteiger partial charge in [0.2, 0.25) is 0 Å². The van der Waals surface area contributed by atoms with Gasteiger partial charge in [-0.3, -0.25) is 0 Å². The second-order valence-electron chi connectivity index (χ2n) is 5.43. The van der Waals surface area contributed by atoms with E-state index in [1.54, 1.807) is 0 Å². The molecule has 8 nitrogen and oxygen atoms in total. The van der Waals surface area contributed by atoms with Crippen LogP contribution in [0.4, 0.5) is 10.6 Å². The molecule has 0 saturated heterocycles. The lowest BCUT2D eigenvalue weighted by Gasteiger charge is -2.19. The van der Waals surface area contributed by atoms with E-state index in [4.69, 9.17) is 15.6 Å². The van der Waals surface area contributed by atoms with Gasteiger partial charge in [-0.05, 0) is 11.6 Å². The van der Waals surface area contributed by atoms with E-state index in [0.29, 0.717) is 5.56 Å². The van der Waals surface area contributed by atoms with E-state index in [9.17, 15) is 15.0 Å². The highest BCUT2D eigenvalue weighted by Gasteiger charge is 2.20. The summed E-state index contributed by atoms with van der Waals surface area (Å²) in [5.74, 6) is 0.149. The van der Waals surface area contributed by atoms with E-state index in [0.717, 1.165) is 5.56 Å². The SMILES string of the molecule is Nc1ncc(C(O)C(O)CNC(=O)OCc2ccccc2)cc1CO. The molecule has 0 fully saturated rings. The van der Waals surface area contributed by atoms with Crippen molar-refractivity contribution in [3.63, 3.8) is 0 Å². The van der Waals surface area contributed by atoms with Crippen molar-refractivity contribution in [2.75, 3.05) is 12.3 Å². The fourth-order valence-electron chi connectivity index (χ4n) is 2.12. The molecule has 25 heavy (non-hydrogen) atoms. The second kappa shape index (κ2) is 8.97. The number of aliphatic hydroxyl groups is 3. The first-order valence-corrected chi connectivity index (χ1v) is 7.67. The monoisotopic (exact) mass is 347 g/mol. The number of nitrogens with one attached hydrogen (secondary N) is 1. The van der Waals surface area contributed by atoms with Crippen molar-refractivity contribution in [1.29, 1.82) is 0 Å². The molecule has 2 aromatic rings. The molecular weight excluding hydrogens is 326 g/mol. The Morgan fingerprint density at radius 1 is 1.28 bits per heavy atom. The number of carbonyl (C=O) groups is 1. The van der Waals surface area contributed by atoms with Gasteiger partial charge in [-0.25, -0.2) is 9.78 Å². The van der Waals surface area contributed by atoms with Crippen molar-refractivity contribution in [2.24, 2.45) is 0 Å². The van der Waals surface area contributed by atoms with Crippen LogP contribution in [0.5, 0.6) is 0 Å². The average Bonchev–Trinajstić information content (AvgIpc) is 2.65. The van der Waals surface area contributed by atoms with Crippen molar-refractivity contribution in [1.82, 2.24) is 10.3 Å². The molecule has 0 spiro atoms. The highest BCUT2D eigenvalue weighted by Crippen LogP contribution is 2.20. The van der Waals surface area contributed by atoms with E-state index in [1.807, 2.05) is 30.3 Å². The smallest absolute Gasteiger partial charge is 0.407 e. The fraction of sp³-hybridized carbons (Fsp3) is 0.294. The van der Waals surface area contributed by atoms with Gasteiger partial charge >= 0.3 is 6.09 Å². The Morgan fingerprint density at radius 3 is 2.68 bits per heavy atom. The van der Waals surface area contributed by atoms with Crippen LogP contribution >= 0.6 is 0 Å². The summed E-state index contributed by atoms with van der Waals surface area (Å²) in [7, 11) is 0. The first-order chi connectivity index (χ1) is 12.0. The highest BCUT2D eigenvalue weighted by atomic mass is 16.5. The first kappa shape index (κ1) is 18.7. The number of rotatable bonds is 7. The molecule has 2 unspecified atom stereocenters. The summed E-state index contributed by atoms with van der Waals surface area (Å²) in [5.41, 5.74) is 7.03. The third kappa shape index (κ3) is 5.42. The molecule has 0 aliphatic carbocycles. The van der Waals surface area contributed by atoms with Crippen LogP contribution in [-0.2, 0) is 18.0 Å². The number of nitrogens with zero attached hydrogens (tertiary/aromatic N) is 1. The maximum atomic E-state index is 11.6. The first-order valence-electron chi connectivity index (χ1n) is 7.67. The molecule has 1 aromatic heterocycles. The summed E-state index contributed by atoms with van der Waals surface area (Å²) in [4.78, 5) is 15.5. The zero-order chi connectivity index (χ0) is 18.2. The lowest BCUT2D eigenvalue weighted by atomic mass is 10.0. The summed E-state index contributed by atoms with van der Waals surface area (Å²) in [6.45, 7) is -0.444. The number of anilines is 1. The average molecular weight is 347 g/mol. The number of carbonyl (C=O) groups excluding carboxylic acids is 1. The van der Waals surface area contributed by atoms with Crippen LogP contribution in [0.3, 0.4) is 0 Å².